The molecule has 130 valence electrons. The van der Waals surface area contributed by atoms with Crippen LogP contribution < -0.4 is 10.1 Å². The molecule has 0 unspecified atom stereocenters. The van der Waals surface area contributed by atoms with E-state index in [9.17, 15) is 9.90 Å². The molecule has 5 nitrogen and oxygen atoms in total. The van der Waals surface area contributed by atoms with Gasteiger partial charge in [-0.15, -0.1) is 0 Å². The van der Waals surface area contributed by atoms with E-state index in [0.717, 1.165) is 33.3 Å². The van der Waals surface area contributed by atoms with Crippen molar-refractivity contribution >= 4 is 16.9 Å². The fourth-order valence-corrected chi connectivity index (χ4v) is 3.00. The average Bonchev–Trinajstić information content (AvgIpc) is 2.95. The van der Waals surface area contributed by atoms with E-state index in [1.54, 1.807) is 0 Å². The molecule has 0 spiro atoms. The van der Waals surface area contributed by atoms with Gasteiger partial charge in [0.1, 0.15) is 11.4 Å². The Kier molecular flexibility index (Phi) is 5.05. The van der Waals surface area contributed by atoms with Gasteiger partial charge in [0.2, 0.25) is 0 Å². The van der Waals surface area contributed by atoms with Crippen LogP contribution in [-0.2, 0) is 13.1 Å². The van der Waals surface area contributed by atoms with Crippen LogP contribution in [0.2, 0.25) is 0 Å². The number of carboxylic acid groups (broad SMARTS) is 1. The molecule has 0 amide bonds. The van der Waals surface area contributed by atoms with Crippen LogP contribution in [0.3, 0.4) is 0 Å². The molecule has 1 heterocycles. The predicted molar refractivity (Wildman–Crippen MR) is 98.1 cm³/mol. The van der Waals surface area contributed by atoms with Gasteiger partial charge in [-0.3, -0.25) is 0 Å². The van der Waals surface area contributed by atoms with Gasteiger partial charge in [0.25, 0.3) is 0 Å². The molecule has 0 fully saturated rings. The second-order valence-corrected chi connectivity index (χ2v) is 5.98. The lowest BCUT2D eigenvalue weighted by molar-refractivity contribution is 0.0690. The first kappa shape index (κ1) is 17.0. The number of nitrogens with one attached hydrogen (secondary N) is 2. The number of carbonyl (C=O) groups is 1. The molecule has 25 heavy (non-hydrogen) atoms. The second kappa shape index (κ2) is 7.40. The van der Waals surface area contributed by atoms with Gasteiger partial charge in [-0.1, -0.05) is 30.3 Å². The molecule has 1 aromatic heterocycles. The maximum absolute atomic E-state index is 11.6. The van der Waals surface area contributed by atoms with Crippen LogP contribution in [0.15, 0.2) is 42.5 Å². The van der Waals surface area contributed by atoms with Crippen molar-refractivity contribution in [3.05, 3.63) is 64.8 Å². The molecule has 5 heteroatoms. The van der Waals surface area contributed by atoms with Gasteiger partial charge in [0.05, 0.1) is 6.61 Å². The number of carboxylic acids is 1. The molecule has 2 aromatic carbocycles. The summed E-state index contributed by atoms with van der Waals surface area (Å²) in [5.74, 6) is -0.0918. The number of aromatic amines is 1. The van der Waals surface area contributed by atoms with E-state index in [1.165, 1.54) is 0 Å². The van der Waals surface area contributed by atoms with Crippen LogP contribution in [0.1, 0.15) is 34.1 Å². The zero-order valence-electron chi connectivity index (χ0n) is 14.4. The van der Waals surface area contributed by atoms with E-state index < -0.39 is 5.97 Å². The minimum absolute atomic E-state index is 0.242. The zero-order chi connectivity index (χ0) is 17.8. The zero-order valence-corrected chi connectivity index (χ0v) is 14.4. The van der Waals surface area contributed by atoms with Crippen molar-refractivity contribution in [2.45, 2.75) is 26.9 Å². The normalized spacial score (nSPS) is 11.0. The maximum Gasteiger partial charge on any atom is 0.352 e. The number of para-hydroxylation sites is 1. The summed E-state index contributed by atoms with van der Waals surface area (Å²) in [5.41, 5.74) is 4.01. The third-order valence-electron chi connectivity index (χ3n) is 4.17. The van der Waals surface area contributed by atoms with Gasteiger partial charge in [0, 0.05) is 35.1 Å². The molecule has 3 N–H and O–H groups in total. The summed E-state index contributed by atoms with van der Waals surface area (Å²) in [5, 5.41) is 13.8. The molecule has 3 aromatic rings. The number of aryl methyl sites for hydroxylation is 1. The van der Waals surface area contributed by atoms with Crippen molar-refractivity contribution in [2.24, 2.45) is 0 Å². The molecular weight excluding hydrogens is 316 g/mol. The Morgan fingerprint density at radius 3 is 2.76 bits per heavy atom. The predicted octanol–water partition coefficient (Wildman–Crippen LogP) is 3.86. The van der Waals surface area contributed by atoms with Crippen molar-refractivity contribution in [1.82, 2.24) is 10.3 Å². The Morgan fingerprint density at radius 2 is 2.00 bits per heavy atom. The first-order valence-electron chi connectivity index (χ1n) is 8.36. The molecule has 0 atom stereocenters. The largest absolute Gasteiger partial charge is 0.494 e. The van der Waals surface area contributed by atoms with Crippen molar-refractivity contribution < 1.29 is 14.6 Å². The van der Waals surface area contributed by atoms with Crippen LogP contribution in [-0.4, -0.2) is 22.7 Å². The molecule has 0 bridgehead atoms. The van der Waals surface area contributed by atoms with E-state index in [0.29, 0.717) is 19.7 Å². The number of rotatable bonds is 7. The number of aromatic carboxylic acids is 1. The van der Waals surface area contributed by atoms with Crippen molar-refractivity contribution in [2.75, 3.05) is 6.61 Å². The number of benzene rings is 2. The average molecular weight is 338 g/mol. The Balaban J connectivity index is 1.81. The SMILES string of the molecule is CCOc1ccccc1CNCc1c(C(=O)O)[nH]c2cc(C)ccc12. The minimum atomic E-state index is -0.944. The Morgan fingerprint density at radius 1 is 1.20 bits per heavy atom. The monoisotopic (exact) mass is 338 g/mol. The summed E-state index contributed by atoms with van der Waals surface area (Å²) in [4.78, 5) is 14.6. The highest BCUT2D eigenvalue weighted by atomic mass is 16.5. The number of H-pyrrole nitrogens is 1. The number of fused-ring (bicyclic) bond motifs is 1. The highest BCUT2D eigenvalue weighted by Crippen LogP contribution is 2.24. The summed E-state index contributed by atoms with van der Waals surface area (Å²) in [6.45, 7) is 5.63. The third-order valence-corrected chi connectivity index (χ3v) is 4.17. The van der Waals surface area contributed by atoms with E-state index in [-0.39, 0.29) is 5.69 Å². The number of hydrogen-bond donors (Lipinski definition) is 3. The van der Waals surface area contributed by atoms with E-state index in [2.05, 4.69) is 10.3 Å². The highest BCUT2D eigenvalue weighted by Gasteiger charge is 2.16. The van der Waals surface area contributed by atoms with Crippen molar-refractivity contribution in [3.63, 3.8) is 0 Å². The lowest BCUT2D eigenvalue weighted by Crippen LogP contribution is -2.15. The summed E-state index contributed by atoms with van der Waals surface area (Å²) < 4.78 is 5.63. The fraction of sp³-hybridized carbons (Fsp3) is 0.250. The van der Waals surface area contributed by atoms with Crippen molar-refractivity contribution in [1.29, 1.82) is 0 Å². The summed E-state index contributed by atoms with van der Waals surface area (Å²) in [7, 11) is 0. The topological polar surface area (TPSA) is 74.3 Å². The lowest BCUT2D eigenvalue weighted by Gasteiger charge is -2.11. The van der Waals surface area contributed by atoms with Gasteiger partial charge >= 0.3 is 5.97 Å². The lowest BCUT2D eigenvalue weighted by atomic mass is 10.1. The van der Waals surface area contributed by atoms with Gasteiger partial charge in [-0.2, -0.15) is 0 Å². The first-order valence-corrected chi connectivity index (χ1v) is 8.36. The molecule has 0 aliphatic heterocycles. The first-order chi connectivity index (χ1) is 12.1. The Bertz CT molecular complexity index is 899. The minimum Gasteiger partial charge on any atom is -0.494 e. The van der Waals surface area contributed by atoms with Gasteiger partial charge < -0.3 is 20.1 Å². The number of hydrogen-bond acceptors (Lipinski definition) is 3. The molecule has 3 rings (SSSR count). The number of ether oxygens (including phenoxy) is 1. The van der Waals surface area contributed by atoms with E-state index in [4.69, 9.17) is 4.74 Å². The number of aromatic nitrogens is 1. The molecule has 0 aliphatic rings. The van der Waals surface area contributed by atoms with Crippen molar-refractivity contribution in [3.8, 4) is 5.75 Å². The Labute approximate surface area is 146 Å². The van der Waals surface area contributed by atoms with Gasteiger partial charge in [-0.05, 0) is 31.5 Å². The Hall–Kier alpha value is -2.79. The maximum atomic E-state index is 11.6. The molecule has 0 saturated carbocycles. The van der Waals surface area contributed by atoms with Gasteiger partial charge in [0.15, 0.2) is 0 Å². The highest BCUT2D eigenvalue weighted by molar-refractivity contribution is 5.97. The molecule has 0 radical (unpaired) electrons. The summed E-state index contributed by atoms with van der Waals surface area (Å²) >= 11 is 0. The quantitative estimate of drug-likeness (QED) is 0.611. The van der Waals surface area contributed by atoms with Crippen LogP contribution >= 0.6 is 0 Å². The van der Waals surface area contributed by atoms with E-state index in [1.807, 2.05) is 56.3 Å². The van der Waals surface area contributed by atoms with Crippen LogP contribution in [0.4, 0.5) is 0 Å². The molecule has 0 saturated heterocycles. The standard InChI is InChI=1S/C20H22N2O3/c1-3-25-18-7-5-4-6-14(18)11-21-12-16-15-9-8-13(2)10-17(15)22-19(16)20(23)24/h4-10,21-22H,3,11-12H2,1-2H3,(H,23,24). The smallest absolute Gasteiger partial charge is 0.352 e. The second-order valence-electron chi connectivity index (χ2n) is 5.98. The summed E-state index contributed by atoms with van der Waals surface area (Å²) in [6.07, 6.45) is 0. The molecular formula is C20H22N2O3. The van der Waals surface area contributed by atoms with Crippen LogP contribution in [0.25, 0.3) is 10.9 Å². The van der Waals surface area contributed by atoms with Gasteiger partial charge in [-0.25, -0.2) is 4.79 Å². The summed E-state index contributed by atoms with van der Waals surface area (Å²) in [6, 6.07) is 13.8. The third kappa shape index (κ3) is 3.67. The van der Waals surface area contributed by atoms with Crippen LogP contribution in [0, 0.1) is 6.92 Å². The fourth-order valence-electron chi connectivity index (χ4n) is 3.00. The molecule has 0 aliphatic carbocycles. The van der Waals surface area contributed by atoms with Crippen LogP contribution in [0.5, 0.6) is 5.75 Å². The van der Waals surface area contributed by atoms with E-state index >= 15 is 0 Å².